The number of carbonyl (C=O) groups is 1. The zero-order chi connectivity index (χ0) is 22.5. The van der Waals surface area contributed by atoms with Crippen LogP contribution in [0.2, 0.25) is 0 Å². The third-order valence-electron chi connectivity index (χ3n) is 5.38. The highest BCUT2D eigenvalue weighted by Crippen LogP contribution is 2.34. The Balaban J connectivity index is 1.71. The number of hydrogen-bond acceptors (Lipinski definition) is 4. The van der Waals surface area contributed by atoms with Crippen molar-refractivity contribution in [2.45, 2.75) is 26.4 Å². The fourth-order valence-electron chi connectivity index (χ4n) is 3.99. The highest BCUT2D eigenvalue weighted by Gasteiger charge is 2.25. The van der Waals surface area contributed by atoms with Crippen LogP contribution in [0.5, 0.6) is 0 Å². The first-order valence-corrected chi connectivity index (χ1v) is 10.5. The van der Waals surface area contributed by atoms with E-state index in [-0.39, 0.29) is 0 Å². The summed E-state index contributed by atoms with van der Waals surface area (Å²) >= 11 is 0. The molecule has 0 saturated carbocycles. The molecule has 160 valence electrons. The molecule has 0 atom stereocenters. The van der Waals surface area contributed by atoms with Crippen molar-refractivity contribution in [1.82, 2.24) is 19.3 Å². The molecular weight excluding hydrogens is 400 g/mol. The zero-order valence-corrected chi connectivity index (χ0v) is 18.5. The molecule has 0 saturated heterocycles. The maximum atomic E-state index is 13.2. The van der Waals surface area contributed by atoms with Crippen molar-refractivity contribution < 1.29 is 9.53 Å². The van der Waals surface area contributed by atoms with Gasteiger partial charge in [0.15, 0.2) is 0 Å². The van der Waals surface area contributed by atoms with Crippen LogP contribution in [0.15, 0.2) is 73.1 Å². The molecule has 2 aromatic carbocycles. The lowest BCUT2D eigenvalue weighted by Gasteiger charge is -2.20. The van der Waals surface area contributed by atoms with Gasteiger partial charge < -0.3 is 4.74 Å². The molecule has 0 unspecified atom stereocenters. The highest BCUT2D eigenvalue weighted by molar-refractivity contribution is 6.02. The van der Waals surface area contributed by atoms with E-state index < -0.39 is 11.7 Å². The number of carbonyl (C=O) groups excluding carboxylic acids is 1. The Labute approximate surface area is 186 Å². The van der Waals surface area contributed by atoms with Crippen LogP contribution in [0.25, 0.3) is 44.3 Å². The number of hydrogen-bond donors (Lipinski definition) is 0. The van der Waals surface area contributed by atoms with Gasteiger partial charge in [0.05, 0.1) is 16.7 Å². The lowest BCUT2D eigenvalue weighted by molar-refractivity contribution is 0.0547. The van der Waals surface area contributed by atoms with Gasteiger partial charge in [-0.25, -0.2) is 9.36 Å². The van der Waals surface area contributed by atoms with Gasteiger partial charge in [0.25, 0.3) is 0 Å². The second-order valence-electron chi connectivity index (χ2n) is 8.85. The molecule has 0 aliphatic carbocycles. The minimum absolute atomic E-state index is 0.417. The molecule has 5 aromatic rings. The van der Waals surface area contributed by atoms with E-state index in [1.54, 1.807) is 10.8 Å². The van der Waals surface area contributed by atoms with Crippen LogP contribution in [0.4, 0.5) is 4.79 Å². The van der Waals surface area contributed by atoms with E-state index >= 15 is 0 Å². The van der Waals surface area contributed by atoms with Crippen LogP contribution < -0.4 is 0 Å². The van der Waals surface area contributed by atoms with Crippen LogP contribution in [-0.2, 0) is 11.8 Å². The van der Waals surface area contributed by atoms with Crippen molar-refractivity contribution in [1.29, 1.82) is 0 Å². The minimum atomic E-state index is -0.607. The van der Waals surface area contributed by atoms with Gasteiger partial charge in [-0.3, -0.25) is 9.67 Å². The maximum Gasteiger partial charge on any atom is 0.419 e. The Morgan fingerprint density at radius 1 is 0.938 bits per heavy atom. The molecule has 0 N–H and O–H groups in total. The number of aryl methyl sites for hydroxylation is 1. The van der Waals surface area contributed by atoms with Crippen LogP contribution >= 0.6 is 0 Å². The number of fused-ring (bicyclic) bond motifs is 2. The van der Waals surface area contributed by atoms with Crippen LogP contribution in [0.3, 0.4) is 0 Å². The Morgan fingerprint density at radius 3 is 2.50 bits per heavy atom. The van der Waals surface area contributed by atoms with Crippen molar-refractivity contribution in [2.75, 3.05) is 0 Å². The summed E-state index contributed by atoms with van der Waals surface area (Å²) < 4.78 is 9.20. The first kappa shape index (κ1) is 20.0. The fraction of sp³-hybridized carbons (Fsp3) is 0.192. The summed E-state index contributed by atoms with van der Waals surface area (Å²) in [4.78, 5) is 17.4. The van der Waals surface area contributed by atoms with Crippen molar-refractivity contribution in [3.63, 3.8) is 0 Å². The standard InChI is InChI=1S/C26H24N4O2/c1-26(2,3)32-25(31)30-21-10-6-5-8-18(21)15-23(30)24-20-12-11-17(14-22(20)29(4)28-24)19-9-7-13-27-16-19/h5-16H,1-4H3. The van der Waals surface area contributed by atoms with E-state index in [0.717, 1.165) is 38.6 Å². The van der Waals surface area contributed by atoms with Crippen molar-refractivity contribution >= 4 is 27.9 Å². The summed E-state index contributed by atoms with van der Waals surface area (Å²) in [6.45, 7) is 5.60. The normalized spacial score (nSPS) is 11.9. The van der Waals surface area contributed by atoms with Crippen LogP contribution in [0, 0.1) is 0 Å². The summed E-state index contributed by atoms with van der Waals surface area (Å²) in [5, 5.41) is 6.73. The zero-order valence-electron chi connectivity index (χ0n) is 18.5. The molecule has 0 amide bonds. The lowest BCUT2D eigenvalue weighted by atomic mass is 10.0. The number of aromatic nitrogens is 4. The van der Waals surface area contributed by atoms with E-state index in [1.165, 1.54) is 0 Å². The highest BCUT2D eigenvalue weighted by atomic mass is 16.6. The summed E-state index contributed by atoms with van der Waals surface area (Å²) in [5.74, 6) is 0. The molecule has 0 aliphatic heterocycles. The summed E-state index contributed by atoms with van der Waals surface area (Å²) in [5.41, 5.74) is 4.71. The molecule has 3 heterocycles. The van der Waals surface area contributed by atoms with Gasteiger partial charge in [-0.2, -0.15) is 5.10 Å². The van der Waals surface area contributed by atoms with Crippen LogP contribution in [0.1, 0.15) is 20.8 Å². The Bertz CT molecular complexity index is 1460. The fourth-order valence-corrected chi connectivity index (χ4v) is 3.99. The summed E-state index contributed by atoms with van der Waals surface area (Å²) in [6.07, 6.45) is 3.19. The van der Waals surface area contributed by atoms with Crippen molar-refractivity contribution in [3.05, 3.63) is 73.1 Å². The van der Waals surface area contributed by atoms with Crippen molar-refractivity contribution in [3.8, 4) is 22.5 Å². The molecule has 0 fully saturated rings. The SMILES string of the molecule is Cn1nc(-c2cc3ccccc3n2C(=O)OC(C)(C)C)c2ccc(-c3cccnc3)cc21. The maximum absolute atomic E-state index is 13.2. The number of para-hydroxylation sites is 1. The average Bonchev–Trinajstić information content (AvgIpc) is 3.31. The number of nitrogens with zero attached hydrogens (tertiary/aromatic N) is 4. The topological polar surface area (TPSA) is 61.9 Å². The van der Waals surface area contributed by atoms with E-state index in [4.69, 9.17) is 9.84 Å². The number of benzene rings is 2. The van der Waals surface area contributed by atoms with Gasteiger partial charge in [-0.1, -0.05) is 30.3 Å². The average molecular weight is 425 g/mol. The second-order valence-corrected chi connectivity index (χ2v) is 8.85. The van der Waals surface area contributed by atoms with Gasteiger partial charge >= 0.3 is 6.09 Å². The predicted molar refractivity (Wildman–Crippen MR) is 127 cm³/mol. The number of pyridine rings is 1. The van der Waals surface area contributed by atoms with E-state index in [2.05, 4.69) is 23.2 Å². The Morgan fingerprint density at radius 2 is 1.75 bits per heavy atom. The third-order valence-corrected chi connectivity index (χ3v) is 5.38. The first-order valence-electron chi connectivity index (χ1n) is 10.5. The second kappa shape index (κ2) is 7.34. The van der Waals surface area contributed by atoms with Gasteiger partial charge in [-0.05, 0) is 56.7 Å². The van der Waals surface area contributed by atoms with Crippen LogP contribution in [-0.4, -0.2) is 31.0 Å². The molecule has 0 spiro atoms. The number of rotatable bonds is 2. The molecule has 0 bridgehead atoms. The predicted octanol–water partition coefficient (Wildman–Crippen LogP) is 6.04. The van der Waals surface area contributed by atoms with Gasteiger partial charge in [0.2, 0.25) is 0 Å². The summed E-state index contributed by atoms with van der Waals surface area (Å²) in [7, 11) is 1.92. The Hall–Kier alpha value is -3.93. The molecule has 6 nitrogen and oxygen atoms in total. The van der Waals surface area contributed by atoms with E-state index in [0.29, 0.717) is 5.69 Å². The minimum Gasteiger partial charge on any atom is -0.443 e. The largest absolute Gasteiger partial charge is 0.443 e. The summed E-state index contributed by atoms with van der Waals surface area (Å²) in [6, 6.07) is 20.0. The molecule has 6 heteroatoms. The lowest BCUT2D eigenvalue weighted by Crippen LogP contribution is -2.27. The van der Waals surface area contributed by atoms with Crippen molar-refractivity contribution in [2.24, 2.45) is 7.05 Å². The van der Waals surface area contributed by atoms with Gasteiger partial charge in [0.1, 0.15) is 11.3 Å². The molecular formula is C26H24N4O2. The van der Waals surface area contributed by atoms with Gasteiger partial charge in [-0.15, -0.1) is 0 Å². The van der Waals surface area contributed by atoms with Gasteiger partial charge in [0, 0.05) is 35.8 Å². The Kier molecular flexibility index (Phi) is 4.59. The third kappa shape index (κ3) is 3.43. The molecule has 0 aliphatic rings. The molecule has 3 aromatic heterocycles. The van der Waals surface area contributed by atoms with E-state index in [1.807, 2.05) is 81.2 Å². The number of ether oxygens (including phenoxy) is 1. The quantitative estimate of drug-likeness (QED) is 0.347. The first-order chi connectivity index (χ1) is 15.3. The molecule has 5 rings (SSSR count). The van der Waals surface area contributed by atoms with E-state index in [9.17, 15) is 4.79 Å². The molecule has 32 heavy (non-hydrogen) atoms. The smallest absolute Gasteiger partial charge is 0.419 e. The monoisotopic (exact) mass is 424 g/mol. The molecule has 0 radical (unpaired) electrons.